The largest absolute Gasteiger partial charge is 0.480 e. The van der Waals surface area contributed by atoms with Crippen molar-refractivity contribution in [3.8, 4) is 5.69 Å². The second kappa shape index (κ2) is 6.20. The van der Waals surface area contributed by atoms with E-state index in [4.69, 9.17) is 0 Å². The molecular formula is C16H18N4O3. The van der Waals surface area contributed by atoms with Crippen LogP contribution in [0.2, 0.25) is 0 Å². The number of carboxylic acid groups (broad SMARTS) is 1. The normalized spacial score (nSPS) is 15.2. The molecule has 2 aromatic rings. The summed E-state index contributed by atoms with van der Waals surface area (Å²) in [5.74, 6) is -1.13. The molecule has 0 radical (unpaired) electrons. The number of aromatic nitrogens is 3. The second-order valence-corrected chi connectivity index (χ2v) is 5.93. The van der Waals surface area contributed by atoms with Gasteiger partial charge in [0.15, 0.2) is 5.69 Å². The van der Waals surface area contributed by atoms with Crippen LogP contribution in [-0.4, -0.2) is 38.0 Å². The van der Waals surface area contributed by atoms with Crippen LogP contribution in [0.25, 0.3) is 5.69 Å². The predicted molar refractivity (Wildman–Crippen MR) is 82.3 cm³/mol. The van der Waals surface area contributed by atoms with Gasteiger partial charge >= 0.3 is 5.97 Å². The van der Waals surface area contributed by atoms with Crippen molar-refractivity contribution < 1.29 is 14.7 Å². The Balaban J connectivity index is 1.71. The monoisotopic (exact) mass is 314 g/mol. The fraction of sp³-hybridized carbons (Fsp3) is 0.375. The lowest BCUT2D eigenvalue weighted by Crippen LogP contribution is -2.41. The Morgan fingerprint density at radius 1 is 1.43 bits per heavy atom. The lowest BCUT2D eigenvalue weighted by atomic mass is 10.1. The van der Waals surface area contributed by atoms with E-state index in [-0.39, 0.29) is 5.69 Å². The quantitative estimate of drug-likeness (QED) is 0.843. The molecule has 0 aliphatic heterocycles. The first-order valence-electron chi connectivity index (χ1n) is 7.56. The molecule has 1 saturated carbocycles. The minimum absolute atomic E-state index is 0.105. The zero-order valence-electron chi connectivity index (χ0n) is 12.8. The van der Waals surface area contributed by atoms with Crippen LogP contribution in [0.3, 0.4) is 0 Å². The highest BCUT2D eigenvalue weighted by atomic mass is 16.4. The van der Waals surface area contributed by atoms with Gasteiger partial charge < -0.3 is 10.4 Å². The number of hydrogen-bond acceptors (Lipinski definition) is 4. The van der Waals surface area contributed by atoms with Gasteiger partial charge in [-0.25, -0.2) is 9.48 Å². The van der Waals surface area contributed by atoms with Gasteiger partial charge in [0.2, 0.25) is 0 Å². The number of carbonyl (C=O) groups excluding carboxylic acids is 1. The number of amides is 1. The van der Waals surface area contributed by atoms with E-state index in [1.165, 1.54) is 10.9 Å². The van der Waals surface area contributed by atoms with Gasteiger partial charge in [0, 0.05) is 0 Å². The zero-order chi connectivity index (χ0) is 16.4. The molecule has 1 atom stereocenters. The first-order valence-corrected chi connectivity index (χ1v) is 7.56. The van der Waals surface area contributed by atoms with Crippen LogP contribution in [0.15, 0.2) is 30.5 Å². The molecule has 120 valence electrons. The Labute approximate surface area is 133 Å². The molecule has 1 aliphatic rings. The van der Waals surface area contributed by atoms with Gasteiger partial charge in [-0.15, -0.1) is 5.10 Å². The molecule has 1 heterocycles. The smallest absolute Gasteiger partial charge is 0.326 e. The molecular weight excluding hydrogens is 296 g/mol. The molecule has 1 fully saturated rings. The van der Waals surface area contributed by atoms with Crippen LogP contribution in [0, 0.1) is 12.8 Å². The molecule has 1 aromatic heterocycles. The summed E-state index contributed by atoms with van der Waals surface area (Å²) in [5, 5.41) is 19.5. The second-order valence-electron chi connectivity index (χ2n) is 5.93. The van der Waals surface area contributed by atoms with E-state index in [0.717, 1.165) is 24.1 Å². The van der Waals surface area contributed by atoms with Gasteiger partial charge in [0.05, 0.1) is 11.9 Å². The van der Waals surface area contributed by atoms with Gasteiger partial charge in [-0.3, -0.25) is 4.79 Å². The van der Waals surface area contributed by atoms with Crippen molar-refractivity contribution in [1.82, 2.24) is 20.3 Å². The van der Waals surface area contributed by atoms with Gasteiger partial charge in [-0.2, -0.15) is 0 Å². The molecule has 1 aromatic carbocycles. The van der Waals surface area contributed by atoms with Crippen molar-refractivity contribution in [3.63, 3.8) is 0 Å². The summed E-state index contributed by atoms with van der Waals surface area (Å²) in [5.41, 5.74) is 1.97. The van der Waals surface area contributed by atoms with E-state index >= 15 is 0 Å². The van der Waals surface area contributed by atoms with Crippen LogP contribution in [0.4, 0.5) is 0 Å². The van der Waals surface area contributed by atoms with Crippen molar-refractivity contribution >= 4 is 11.9 Å². The van der Waals surface area contributed by atoms with E-state index in [1.807, 2.05) is 31.2 Å². The van der Waals surface area contributed by atoms with E-state index < -0.39 is 17.9 Å². The number of aliphatic carboxylic acids is 1. The SMILES string of the molecule is Cc1cccc(-n2cc(C(=O)NC(CC3CC3)C(=O)O)nn2)c1. The Morgan fingerprint density at radius 2 is 2.22 bits per heavy atom. The van der Waals surface area contributed by atoms with Crippen LogP contribution in [0.5, 0.6) is 0 Å². The predicted octanol–water partition coefficient (Wildman–Crippen LogP) is 1.56. The fourth-order valence-corrected chi connectivity index (χ4v) is 2.41. The Kier molecular flexibility index (Phi) is 4.10. The highest BCUT2D eigenvalue weighted by molar-refractivity contribution is 5.94. The number of carbonyl (C=O) groups is 2. The number of nitrogens with one attached hydrogen (secondary N) is 1. The summed E-state index contributed by atoms with van der Waals surface area (Å²) in [6, 6.07) is 6.75. The third-order valence-corrected chi connectivity index (χ3v) is 3.86. The van der Waals surface area contributed by atoms with Gasteiger partial charge in [0.25, 0.3) is 5.91 Å². The maximum Gasteiger partial charge on any atom is 0.326 e. The molecule has 1 unspecified atom stereocenters. The Hall–Kier alpha value is -2.70. The van der Waals surface area contributed by atoms with Crippen LogP contribution in [0.1, 0.15) is 35.3 Å². The van der Waals surface area contributed by atoms with Gasteiger partial charge in [0.1, 0.15) is 6.04 Å². The number of aryl methyl sites for hydroxylation is 1. The summed E-state index contributed by atoms with van der Waals surface area (Å²) in [7, 11) is 0. The average Bonchev–Trinajstić information content (AvgIpc) is 3.19. The highest BCUT2D eigenvalue weighted by Gasteiger charge is 2.30. The maximum atomic E-state index is 12.2. The summed E-state index contributed by atoms with van der Waals surface area (Å²) in [6.45, 7) is 1.96. The molecule has 1 aliphatic carbocycles. The minimum atomic E-state index is -1.02. The number of nitrogens with zero attached hydrogens (tertiary/aromatic N) is 3. The Morgan fingerprint density at radius 3 is 2.87 bits per heavy atom. The molecule has 0 spiro atoms. The lowest BCUT2D eigenvalue weighted by Gasteiger charge is -2.12. The topological polar surface area (TPSA) is 97.1 Å². The number of carboxylic acids is 1. The zero-order valence-corrected chi connectivity index (χ0v) is 12.8. The third-order valence-electron chi connectivity index (χ3n) is 3.86. The van der Waals surface area contributed by atoms with Crippen molar-refractivity contribution in [2.75, 3.05) is 0 Å². The Bertz CT molecular complexity index is 736. The summed E-state index contributed by atoms with van der Waals surface area (Å²) in [6.07, 6.45) is 4.03. The highest BCUT2D eigenvalue weighted by Crippen LogP contribution is 2.33. The lowest BCUT2D eigenvalue weighted by molar-refractivity contribution is -0.139. The minimum Gasteiger partial charge on any atom is -0.480 e. The third kappa shape index (κ3) is 3.74. The number of rotatable bonds is 6. The molecule has 23 heavy (non-hydrogen) atoms. The van der Waals surface area contributed by atoms with E-state index in [0.29, 0.717) is 12.3 Å². The number of benzene rings is 1. The van der Waals surface area contributed by atoms with Crippen LogP contribution in [-0.2, 0) is 4.79 Å². The average molecular weight is 314 g/mol. The molecule has 1 amide bonds. The molecule has 2 N–H and O–H groups in total. The van der Waals surface area contributed by atoms with E-state index in [2.05, 4.69) is 15.6 Å². The van der Waals surface area contributed by atoms with Crippen molar-refractivity contribution in [2.45, 2.75) is 32.2 Å². The van der Waals surface area contributed by atoms with Crippen molar-refractivity contribution in [2.24, 2.45) is 5.92 Å². The van der Waals surface area contributed by atoms with Crippen molar-refractivity contribution in [1.29, 1.82) is 0 Å². The fourth-order valence-electron chi connectivity index (χ4n) is 2.41. The van der Waals surface area contributed by atoms with Crippen LogP contribution >= 0.6 is 0 Å². The van der Waals surface area contributed by atoms with Gasteiger partial charge in [-0.05, 0) is 37.0 Å². The standard InChI is InChI=1S/C16H18N4O3/c1-10-3-2-4-12(7-10)20-9-14(18-19-20)15(21)17-13(16(22)23)8-11-5-6-11/h2-4,7,9,11,13H,5-6,8H2,1H3,(H,17,21)(H,22,23). The molecule has 7 heteroatoms. The van der Waals surface area contributed by atoms with Crippen LogP contribution < -0.4 is 5.32 Å². The summed E-state index contributed by atoms with van der Waals surface area (Å²) in [4.78, 5) is 23.4. The van der Waals surface area contributed by atoms with Crippen molar-refractivity contribution in [3.05, 3.63) is 41.7 Å². The summed E-state index contributed by atoms with van der Waals surface area (Å²) >= 11 is 0. The van der Waals surface area contributed by atoms with E-state index in [9.17, 15) is 14.7 Å². The molecule has 0 bridgehead atoms. The molecule has 3 rings (SSSR count). The maximum absolute atomic E-state index is 12.2. The first kappa shape index (κ1) is 15.2. The van der Waals surface area contributed by atoms with Gasteiger partial charge in [-0.1, -0.05) is 30.2 Å². The molecule has 0 saturated heterocycles. The summed E-state index contributed by atoms with van der Waals surface area (Å²) < 4.78 is 1.50. The number of hydrogen-bond donors (Lipinski definition) is 2. The molecule has 7 nitrogen and oxygen atoms in total. The van der Waals surface area contributed by atoms with E-state index in [1.54, 1.807) is 0 Å². The first-order chi connectivity index (χ1) is 11.0.